The van der Waals surface area contributed by atoms with Gasteiger partial charge in [-0.1, -0.05) is 143 Å². The van der Waals surface area contributed by atoms with Crippen molar-refractivity contribution >= 4 is 8.41 Å². The Morgan fingerprint density at radius 3 is 0.852 bits per heavy atom. The topological polar surface area (TPSA) is 0 Å². The lowest BCUT2D eigenvalue weighted by Gasteiger charge is -2.23. The fraction of sp³-hybridized carbons (Fsp3) is 1.00. The Morgan fingerprint density at radius 2 is 0.593 bits per heavy atom. The molecule has 0 amide bonds. The van der Waals surface area contributed by atoms with Crippen LogP contribution in [0, 0.1) is 0 Å². The highest BCUT2D eigenvalue weighted by molar-refractivity contribution is 6.73. The van der Waals surface area contributed by atoms with Crippen LogP contribution in [0.4, 0.5) is 4.11 Å². The van der Waals surface area contributed by atoms with E-state index in [1.165, 1.54) is 122 Å². The molecule has 2 heteroatoms. The van der Waals surface area contributed by atoms with Crippen LogP contribution in [0.1, 0.15) is 143 Å². The number of hydrogen-bond acceptors (Lipinski definition) is 0. The molecule has 0 atom stereocenters. The standard InChI is InChI=1S/C25H53FSi/c1-4-7-10-13-16-19-22-25-27(26,23-20-17-14-11-8-5-2)24-21-18-15-12-9-6-3/h4-25H2,1-3H3. The number of rotatable bonds is 22. The summed E-state index contributed by atoms with van der Waals surface area (Å²) in [5.74, 6) is 0. The Balaban J connectivity index is 4.02. The van der Waals surface area contributed by atoms with Crippen molar-refractivity contribution in [1.29, 1.82) is 0 Å². The summed E-state index contributed by atoms with van der Waals surface area (Å²) in [5.41, 5.74) is 0. The smallest absolute Gasteiger partial charge is 0.247 e. The molecule has 0 aromatic rings. The van der Waals surface area contributed by atoms with E-state index in [2.05, 4.69) is 20.8 Å². The summed E-state index contributed by atoms with van der Waals surface area (Å²) in [5, 5.41) is 0. The van der Waals surface area contributed by atoms with Crippen LogP contribution in [-0.4, -0.2) is 8.41 Å². The van der Waals surface area contributed by atoms with Crippen molar-refractivity contribution in [2.75, 3.05) is 0 Å². The van der Waals surface area contributed by atoms with Crippen molar-refractivity contribution in [3.63, 3.8) is 0 Å². The maximum atomic E-state index is 15.7. The second-order valence-electron chi connectivity index (χ2n) is 9.06. The van der Waals surface area contributed by atoms with Crippen LogP contribution in [0.2, 0.25) is 18.1 Å². The molecule has 0 radical (unpaired) electrons. The Bertz CT molecular complexity index is 263. The number of halogens is 1. The lowest BCUT2D eigenvalue weighted by molar-refractivity contribution is 0.578. The average Bonchev–Trinajstić information content (AvgIpc) is 2.67. The van der Waals surface area contributed by atoms with Crippen LogP contribution in [0.5, 0.6) is 0 Å². The van der Waals surface area contributed by atoms with E-state index < -0.39 is 8.41 Å². The molecule has 0 aromatic carbocycles. The Hall–Kier alpha value is 0.147. The first-order chi connectivity index (χ1) is 13.2. The molecule has 0 saturated carbocycles. The maximum Gasteiger partial charge on any atom is 0.247 e. The molecule has 0 fully saturated rings. The van der Waals surface area contributed by atoms with Gasteiger partial charge in [-0.3, -0.25) is 0 Å². The number of unbranched alkanes of at least 4 members (excludes halogenated alkanes) is 16. The lowest BCUT2D eigenvalue weighted by Crippen LogP contribution is -2.28. The van der Waals surface area contributed by atoms with Gasteiger partial charge in [-0.15, -0.1) is 0 Å². The molecule has 27 heavy (non-hydrogen) atoms. The minimum absolute atomic E-state index is 0.962. The highest BCUT2D eigenvalue weighted by Crippen LogP contribution is 2.31. The zero-order valence-corrected chi connectivity index (χ0v) is 20.4. The molecule has 0 nitrogen and oxygen atoms in total. The zero-order valence-electron chi connectivity index (χ0n) is 19.4. The fourth-order valence-corrected chi connectivity index (χ4v) is 7.62. The third-order valence-electron chi connectivity index (χ3n) is 6.19. The Labute approximate surface area is 173 Å². The summed E-state index contributed by atoms with van der Waals surface area (Å²) in [7, 11) is -2.46. The van der Waals surface area contributed by atoms with Crippen LogP contribution in [0.25, 0.3) is 0 Å². The van der Waals surface area contributed by atoms with Crippen molar-refractivity contribution in [2.45, 2.75) is 161 Å². The predicted octanol–water partition coefficient (Wildman–Crippen LogP) is 10.4. The summed E-state index contributed by atoms with van der Waals surface area (Å²) in [6.45, 7) is 6.80. The van der Waals surface area contributed by atoms with Gasteiger partial charge in [-0.2, -0.15) is 0 Å². The summed E-state index contributed by atoms with van der Waals surface area (Å²) in [6.07, 6.45) is 24.8. The second kappa shape index (κ2) is 20.9. The minimum atomic E-state index is -2.46. The number of hydrogen-bond donors (Lipinski definition) is 0. The van der Waals surface area contributed by atoms with Crippen LogP contribution in [0.3, 0.4) is 0 Å². The third kappa shape index (κ3) is 19.2. The van der Waals surface area contributed by atoms with E-state index in [0.717, 1.165) is 18.1 Å². The van der Waals surface area contributed by atoms with Gasteiger partial charge in [0.15, 0.2) is 0 Å². The van der Waals surface area contributed by atoms with E-state index in [9.17, 15) is 0 Å². The van der Waals surface area contributed by atoms with Gasteiger partial charge in [0.25, 0.3) is 0 Å². The van der Waals surface area contributed by atoms with E-state index in [1.54, 1.807) is 0 Å². The summed E-state index contributed by atoms with van der Waals surface area (Å²) >= 11 is 0. The molecule has 164 valence electrons. The van der Waals surface area contributed by atoms with Gasteiger partial charge >= 0.3 is 0 Å². The van der Waals surface area contributed by atoms with Crippen molar-refractivity contribution in [2.24, 2.45) is 0 Å². The molecule has 0 heterocycles. The molecule has 0 aromatic heterocycles. The van der Waals surface area contributed by atoms with E-state index in [0.29, 0.717) is 0 Å². The van der Waals surface area contributed by atoms with E-state index in [-0.39, 0.29) is 0 Å². The Morgan fingerprint density at radius 1 is 0.370 bits per heavy atom. The summed E-state index contributed by atoms with van der Waals surface area (Å²) < 4.78 is 15.7. The SMILES string of the molecule is CCCCCCCCC[Si](F)(CCCCCCCC)CCCCCCCC. The first kappa shape index (κ1) is 27.1. The van der Waals surface area contributed by atoms with Gasteiger partial charge in [0.05, 0.1) is 0 Å². The van der Waals surface area contributed by atoms with E-state index in [1.807, 2.05) is 0 Å². The molecule has 0 aliphatic heterocycles. The molecule has 0 bridgehead atoms. The lowest BCUT2D eigenvalue weighted by atomic mass is 10.1. The summed E-state index contributed by atoms with van der Waals surface area (Å²) in [6, 6.07) is 2.89. The van der Waals surface area contributed by atoms with Crippen molar-refractivity contribution < 1.29 is 4.11 Å². The fourth-order valence-electron chi connectivity index (χ4n) is 4.22. The molecule has 0 rings (SSSR count). The second-order valence-corrected chi connectivity index (χ2v) is 12.9. The molecule has 0 aliphatic rings. The largest absolute Gasteiger partial charge is 0.314 e. The molecule has 0 aliphatic carbocycles. The summed E-state index contributed by atoms with van der Waals surface area (Å²) in [4.78, 5) is 0. The van der Waals surface area contributed by atoms with Crippen LogP contribution in [-0.2, 0) is 0 Å². The minimum Gasteiger partial charge on any atom is -0.314 e. The highest BCUT2D eigenvalue weighted by atomic mass is 28.4. The maximum absolute atomic E-state index is 15.7. The normalized spacial score (nSPS) is 12.0. The van der Waals surface area contributed by atoms with Gasteiger partial charge in [-0.05, 0) is 18.1 Å². The zero-order chi connectivity index (χ0) is 20.1. The van der Waals surface area contributed by atoms with Crippen molar-refractivity contribution in [1.82, 2.24) is 0 Å². The quantitative estimate of drug-likeness (QED) is 0.0962. The van der Waals surface area contributed by atoms with E-state index in [4.69, 9.17) is 0 Å². The van der Waals surface area contributed by atoms with Gasteiger partial charge in [0.2, 0.25) is 8.41 Å². The first-order valence-corrected chi connectivity index (χ1v) is 15.4. The molecule has 0 N–H and O–H groups in total. The molecule has 0 saturated heterocycles. The third-order valence-corrected chi connectivity index (χ3v) is 9.93. The van der Waals surface area contributed by atoms with Crippen LogP contribution >= 0.6 is 0 Å². The predicted molar refractivity (Wildman–Crippen MR) is 126 cm³/mol. The van der Waals surface area contributed by atoms with Crippen LogP contribution < -0.4 is 0 Å². The van der Waals surface area contributed by atoms with Crippen LogP contribution in [0.15, 0.2) is 0 Å². The van der Waals surface area contributed by atoms with Gasteiger partial charge in [-0.25, -0.2) is 0 Å². The van der Waals surface area contributed by atoms with Crippen molar-refractivity contribution in [3.05, 3.63) is 0 Å². The van der Waals surface area contributed by atoms with Gasteiger partial charge in [0, 0.05) is 0 Å². The van der Waals surface area contributed by atoms with Gasteiger partial charge < -0.3 is 4.11 Å². The first-order valence-electron chi connectivity index (χ1n) is 12.9. The molecular weight excluding hydrogens is 347 g/mol. The molecular formula is C25H53FSi. The van der Waals surface area contributed by atoms with Crippen molar-refractivity contribution in [3.8, 4) is 0 Å². The highest BCUT2D eigenvalue weighted by Gasteiger charge is 2.32. The molecule has 0 unspecified atom stereocenters. The average molecular weight is 401 g/mol. The van der Waals surface area contributed by atoms with Gasteiger partial charge in [0.1, 0.15) is 0 Å². The monoisotopic (exact) mass is 400 g/mol. The van der Waals surface area contributed by atoms with E-state index >= 15 is 4.11 Å². The Kier molecular flexibility index (Phi) is 21.0. The molecule has 0 spiro atoms.